The topological polar surface area (TPSA) is 68.3 Å². The zero-order valence-electron chi connectivity index (χ0n) is 16.1. The molecule has 144 valence electrons. The fourth-order valence-corrected chi connectivity index (χ4v) is 2.91. The molecule has 2 aromatic carbocycles. The van der Waals surface area contributed by atoms with Crippen LogP contribution in [0.5, 0.6) is 0 Å². The molecule has 3 rings (SSSR count). The number of carbonyl (C=O) groups is 2. The van der Waals surface area contributed by atoms with Gasteiger partial charge in [-0.1, -0.05) is 74.9 Å². The summed E-state index contributed by atoms with van der Waals surface area (Å²) >= 11 is 0. The molecule has 1 N–H and O–H groups in total. The number of nitrogens with zero attached hydrogens (tertiary/aromatic N) is 1. The normalized spacial score (nSPS) is 12.9. The van der Waals surface area contributed by atoms with Crippen molar-refractivity contribution in [1.29, 1.82) is 0 Å². The van der Waals surface area contributed by atoms with Gasteiger partial charge < -0.3 is 10.1 Å². The fourth-order valence-electron chi connectivity index (χ4n) is 2.91. The van der Waals surface area contributed by atoms with Crippen LogP contribution in [0.4, 0.5) is 0 Å². The molecule has 0 spiro atoms. The maximum Gasteiger partial charge on any atom is 0.329 e. The third-order valence-electron chi connectivity index (χ3n) is 4.84. The van der Waals surface area contributed by atoms with Crippen molar-refractivity contribution in [2.24, 2.45) is 5.92 Å². The van der Waals surface area contributed by atoms with Gasteiger partial charge in [0.15, 0.2) is 0 Å². The lowest BCUT2D eigenvalue weighted by Crippen LogP contribution is -2.46. The van der Waals surface area contributed by atoms with Crippen LogP contribution in [-0.4, -0.2) is 22.9 Å². The summed E-state index contributed by atoms with van der Waals surface area (Å²) in [7, 11) is 0. The van der Waals surface area contributed by atoms with Crippen molar-refractivity contribution >= 4 is 22.6 Å². The Bertz CT molecular complexity index is 956. The Morgan fingerprint density at radius 3 is 2.43 bits per heavy atom. The number of fused-ring (bicyclic) bond motifs is 1. The van der Waals surface area contributed by atoms with Crippen molar-refractivity contribution in [3.63, 3.8) is 0 Å². The van der Waals surface area contributed by atoms with Gasteiger partial charge in [0.2, 0.25) is 0 Å². The van der Waals surface area contributed by atoms with E-state index in [4.69, 9.17) is 4.74 Å². The van der Waals surface area contributed by atoms with E-state index in [-0.39, 0.29) is 24.1 Å². The molecule has 0 saturated heterocycles. The van der Waals surface area contributed by atoms with E-state index >= 15 is 0 Å². The first-order valence-corrected chi connectivity index (χ1v) is 9.44. The number of aromatic nitrogens is 1. The van der Waals surface area contributed by atoms with Gasteiger partial charge in [0, 0.05) is 11.6 Å². The zero-order valence-corrected chi connectivity index (χ0v) is 16.1. The maximum absolute atomic E-state index is 12.7. The van der Waals surface area contributed by atoms with Gasteiger partial charge in [0.1, 0.15) is 18.3 Å². The molecular weight excluding hydrogens is 352 g/mol. The molecule has 0 bridgehead atoms. The molecule has 0 saturated carbocycles. The smallest absolute Gasteiger partial charge is 0.329 e. The summed E-state index contributed by atoms with van der Waals surface area (Å²) in [5.74, 6) is -0.882. The van der Waals surface area contributed by atoms with E-state index in [0.717, 1.165) is 22.8 Å². The van der Waals surface area contributed by atoms with Crippen molar-refractivity contribution < 1.29 is 14.3 Å². The number of esters is 1. The maximum atomic E-state index is 12.7. The summed E-state index contributed by atoms with van der Waals surface area (Å²) in [6, 6.07) is 18.2. The number of hydrogen-bond acceptors (Lipinski definition) is 4. The molecule has 1 aromatic heterocycles. The van der Waals surface area contributed by atoms with Crippen molar-refractivity contribution in [3.05, 3.63) is 78.1 Å². The first-order chi connectivity index (χ1) is 13.6. The minimum atomic E-state index is -0.727. The van der Waals surface area contributed by atoms with Gasteiger partial charge in [0.25, 0.3) is 5.91 Å². The fraction of sp³-hybridized carbons (Fsp3) is 0.261. The predicted molar refractivity (Wildman–Crippen MR) is 109 cm³/mol. The Balaban J connectivity index is 1.71. The van der Waals surface area contributed by atoms with Crippen molar-refractivity contribution in [1.82, 2.24) is 10.3 Å². The Labute approximate surface area is 164 Å². The van der Waals surface area contributed by atoms with Crippen LogP contribution in [0.15, 0.2) is 66.9 Å². The molecule has 2 atom stereocenters. The minimum Gasteiger partial charge on any atom is -0.459 e. The summed E-state index contributed by atoms with van der Waals surface area (Å²) in [5, 5.41) is 4.69. The Morgan fingerprint density at radius 1 is 1.04 bits per heavy atom. The molecule has 1 heterocycles. The van der Waals surface area contributed by atoms with E-state index in [9.17, 15) is 9.59 Å². The summed E-state index contributed by atoms with van der Waals surface area (Å²) in [6.45, 7) is 4.07. The van der Waals surface area contributed by atoms with Gasteiger partial charge in [-0.25, -0.2) is 4.79 Å². The van der Waals surface area contributed by atoms with Crippen molar-refractivity contribution in [2.75, 3.05) is 0 Å². The highest BCUT2D eigenvalue weighted by Crippen LogP contribution is 2.15. The van der Waals surface area contributed by atoms with E-state index in [2.05, 4.69) is 10.3 Å². The molecule has 0 aliphatic heterocycles. The molecule has 5 nitrogen and oxygen atoms in total. The third-order valence-corrected chi connectivity index (χ3v) is 4.84. The summed E-state index contributed by atoms with van der Waals surface area (Å²) < 4.78 is 5.45. The predicted octanol–water partition coefficient (Wildman–Crippen LogP) is 4.12. The largest absolute Gasteiger partial charge is 0.459 e. The van der Waals surface area contributed by atoms with Crippen molar-refractivity contribution in [2.45, 2.75) is 32.9 Å². The number of hydrogen-bond donors (Lipinski definition) is 1. The molecule has 1 amide bonds. The molecular formula is C23H24N2O3. The minimum absolute atomic E-state index is 0.0623. The lowest BCUT2D eigenvalue weighted by molar-refractivity contribution is -0.148. The number of benzene rings is 2. The van der Waals surface area contributed by atoms with Crippen LogP contribution in [0, 0.1) is 5.92 Å². The van der Waals surface area contributed by atoms with Crippen LogP contribution in [0.2, 0.25) is 0 Å². The van der Waals surface area contributed by atoms with Crippen molar-refractivity contribution in [3.8, 4) is 0 Å². The van der Waals surface area contributed by atoms with Crippen LogP contribution in [-0.2, 0) is 16.1 Å². The molecule has 3 aromatic rings. The van der Waals surface area contributed by atoms with E-state index in [0.29, 0.717) is 0 Å². The summed E-state index contributed by atoms with van der Waals surface area (Å²) in [4.78, 5) is 29.6. The average molecular weight is 376 g/mol. The summed E-state index contributed by atoms with van der Waals surface area (Å²) in [6.07, 6.45) is 2.40. The van der Waals surface area contributed by atoms with E-state index in [1.807, 2.05) is 68.4 Å². The Hall–Kier alpha value is -3.21. The lowest BCUT2D eigenvalue weighted by atomic mass is 9.99. The zero-order chi connectivity index (χ0) is 19.9. The van der Waals surface area contributed by atoms with E-state index < -0.39 is 12.0 Å². The molecule has 0 aliphatic carbocycles. The second kappa shape index (κ2) is 9.13. The number of nitrogens with one attached hydrogen (secondary N) is 1. The first kappa shape index (κ1) is 19.5. The molecule has 28 heavy (non-hydrogen) atoms. The monoisotopic (exact) mass is 376 g/mol. The molecule has 0 unspecified atom stereocenters. The van der Waals surface area contributed by atoms with Gasteiger partial charge in [0.05, 0.1) is 0 Å². The average Bonchev–Trinajstić information content (AvgIpc) is 2.75. The highest BCUT2D eigenvalue weighted by Gasteiger charge is 2.28. The molecule has 5 heteroatoms. The van der Waals surface area contributed by atoms with Crippen LogP contribution in [0.3, 0.4) is 0 Å². The van der Waals surface area contributed by atoms with Crippen LogP contribution in [0.1, 0.15) is 36.3 Å². The van der Waals surface area contributed by atoms with Crippen LogP contribution >= 0.6 is 0 Å². The second-order valence-corrected chi connectivity index (χ2v) is 6.85. The third kappa shape index (κ3) is 4.74. The number of ether oxygens (including phenoxy) is 1. The number of rotatable bonds is 7. The van der Waals surface area contributed by atoms with Gasteiger partial charge >= 0.3 is 5.97 Å². The number of carbonyl (C=O) groups excluding carboxylic acids is 2. The highest BCUT2D eigenvalue weighted by molar-refractivity contribution is 5.98. The highest BCUT2D eigenvalue weighted by atomic mass is 16.5. The second-order valence-electron chi connectivity index (χ2n) is 6.85. The molecule has 0 radical (unpaired) electrons. The lowest BCUT2D eigenvalue weighted by Gasteiger charge is -2.22. The quantitative estimate of drug-likeness (QED) is 0.630. The van der Waals surface area contributed by atoms with Crippen LogP contribution < -0.4 is 5.32 Å². The van der Waals surface area contributed by atoms with Crippen LogP contribution in [0.25, 0.3) is 10.8 Å². The molecule has 0 aliphatic rings. The van der Waals surface area contributed by atoms with Gasteiger partial charge in [-0.2, -0.15) is 0 Å². The standard InChI is InChI=1S/C23H24N2O3/c1-3-16(2)21(23(27)28-15-17-9-5-4-6-10-17)25-22(26)20-13-18-11-7-8-12-19(18)14-24-20/h4-14,16,21H,3,15H2,1-2H3,(H,25,26)/t16-,21-/m0/s1. The van der Waals surface area contributed by atoms with Gasteiger partial charge in [-0.3, -0.25) is 9.78 Å². The van der Waals surface area contributed by atoms with Gasteiger partial charge in [-0.15, -0.1) is 0 Å². The first-order valence-electron chi connectivity index (χ1n) is 9.44. The SMILES string of the molecule is CC[C@H](C)[C@H](NC(=O)c1cc2ccccc2cn1)C(=O)OCc1ccccc1. The van der Waals surface area contributed by atoms with E-state index in [1.54, 1.807) is 12.3 Å². The Morgan fingerprint density at radius 2 is 1.71 bits per heavy atom. The Kier molecular flexibility index (Phi) is 6.37. The summed E-state index contributed by atoms with van der Waals surface area (Å²) in [5.41, 5.74) is 1.18. The van der Waals surface area contributed by atoms with Gasteiger partial charge in [-0.05, 0) is 22.9 Å². The number of amides is 1. The number of pyridine rings is 1. The molecule has 0 fully saturated rings. The van der Waals surface area contributed by atoms with E-state index in [1.165, 1.54) is 0 Å².